The number of amides is 2. The first-order valence-corrected chi connectivity index (χ1v) is 9.30. The first-order chi connectivity index (χ1) is 12.2. The van der Waals surface area contributed by atoms with Gasteiger partial charge in [-0.15, -0.1) is 12.4 Å². The second-order valence-corrected chi connectivity index (χ2v) is 6.76. The monoisotopic (exact) mass is 395 g/mol. The Morgan fingerprint density at radius 1 is 1.27 bits per heavy atom. The molecule has 0 unspecified atom stereocenters. The van der Waals surface area contributed by atoms with E-state index in [-0.39, 0.29) is 23.6 Å². The molecule has 1 aliphatic heterocycles. The number of imidazole rings is 1. The third kappa shape index (κ3) is 4.59. The molecule has 140 valence electrons. The van der Waals surface area contributed by atoms with Gasteiger partial charge in [0.25, 0.3) is 11.1 Å². The predicted octanol–water partition coefficient (Wildman–Crippen LogP) is 4.29. The summed E-state index contributed by atoms with van der Waals surface area (Å²) in [4.78, 5) is 30.3. The Hall–Kier alpha value is -1.99. The van der Waals surface area contributed by atoms with Crippen LogP contribution in [0.3, 0.4) is 0 Å². The van der Waals surface area contributed by atoms with Gasteiger partial charge in [0.05, 0.1) is 11.5 Å². The molecule has 0 spiro atoms. The van der Waals surface area contributed by atoms with Crippen LogP contribution < -0.4 is 4.74 Å². The van der Waals surface area contributed by atoms with E-state index < -0.39 is 0 Å². The molecule has 0 atom stereocenters. The fourth-order valence-corrected chi connectivity index (χ4v) is 3.47. The van der Waals surface area contributed by atoms with Crippen molar-refractivity contribution < 1.29 is 14.3 Å². The van der Waals surface area contributed by atoms with Gasteiger partial charge in [-0.05, 0) is 43.2 Å². The van der Waals surface area contributed by atoms with E-state index in [9.17, 15) is 9.59 Å². The van der Waals surface area contributed by atoms with Crippen LogP contribution in [0.5, 0.6) is 5.75 Å². The molecular formula is C18H22ClN3O3S. The van der Waals surface area contributed by atoms with Crippen molar-refractivity contribution in [3.63, 3.8) is 0 Å². The number of ether oxygens (including phenoxy) is 1. The van der Waals surface area contributed by atoms with Gasteiger partial charge in [-0.3, -0.25) is 14.5 Å². The van der Waals surface area contributed by atoms with Crippen molar-refractivity contribution in [2.24, 2.45) is 0 Å². The van der Waals surface area contributed by atoms with E-state index in [1.54, 1.807) is 6.20 Å². The minimum atomic E-state index is -0.171. The summed E-state index contributed by atoms with van der Waals surface area (Å²) >= 11 is 1.04. The van der Waals surface area contributed by atoms with E-state index in [4.69, 9.17) is 4.74 Å². The Balaban J connectivity index is 0.00000243. The van der Waals surface area contributed by atoms with Crippen LogP contribution in [-0.4, -0.2) is 38.6 Å². The summed E-state index contributed by atoms with van der Waals surface area (Å²) in [6.07, 6.45) is 10.6. The van der Waals surface area contributed by atoms with Gasteiger partial charge in [-0.25, -0.2) is 4.98 Å². The summed E-state index contributed by atoms with van der Waals surface area (Å²) in [6, 6.07) is 3.80. The van der Waals surface area contributed by atoms with Crippen LogP contribution in [0.25, 0.3) is 5.65 Å². The summed E-state index contributed by atoms with van der Waals surface area (Å²) < 4.78 is 7.68. The molecule has 2 aromatic heterocycles. The third-order valence-electron chi connectivity index (χ3n) is 3.91. The van der Waals surface area contributed by atoms with E-state index in [2.05, 4.69) is 4.98 Å². The molecule has 8 heteroatoms. The highest BCUT2D eigenvalue weighted by molar-refractivity contribution is 8.18. The summed E-state index contributed by atoms with van der Waals surface area (Å²) in [5.74, 6) is 0.577. The number of thioether (sulfide) groups is 1. The quantitative estimate of drug-likeness (QED) is 0.492. The van der Waals surface area contributed by atoms with Crippen LogP contribution >= 0.6 is 24.2 Å². The van der Waals surface area contributed by atoms with Gasteiger partial charge in [0.1, 0.15) is 0 Å². The molecule has 6 nitrogen and oxygen atoms in total. The maximum Gasteiger partial charge on any atom is 0.293 e. The number of hydrogen-bond acceptors (Lipinski definition) is 5. The van der Waals surface area contributed by atoms with Crippen LogP contribution in [0.4, 0.5) is 4.79 Å². The topological polar surface area (TPSA) is 63.9 Å². The molecule has 0 saturated carbocycles. The van der Waals surface area contributed by atoms with Crippen molar-refractivity contribution >= 4 is 41.0 Å². The number of imide groups is 1. The Bertz CT molecular complexity index is 806. The van der Waals surface area contributed by atoms with Crippen LogP contribution in [0.1, 0.15) is 32.6 Å². The lowest BCUT2D eigenvalue weighted by Crippen LogP contribution is -2.29. The smallest absolute Gasteiger partial charge is 0.293 e. The van der Waals surface area contributed by atoms with Gasteiger partial charge in [-0.2, -0.15) is 0 Å². The van der Waals surface area contributed by atoms with Gasteiger partial charge < -0.3 is 9.14 Å². The van der Waals surface area contributed by atoms with Crippen molar-refractivity contribution in [1.29, 1.82) is 0 Å². The molecule has 0 aliphatic carbocycles. The number of pyridine rings is 1. The Kier molecular flexibility index (Phi) is 7.53. The van der Waals surface area contributed by atoms with Crippen molar-refractivity contribution in [2.45, 2.75) is 32.6 Å². The fraction of sp³-hybridized carbons (Fsp3) is 0.389. The molecule has 0 aromatic carbocycles. The molecule has 0 bridgehead atoms. The lowest BCUT2D eigenvalue weighted by Gasteiger charge is -2.12. The van der Waals surface area contributed by atoms with Gasteiger partial charge >= 0.3 is 0 Å². The summed E-state index contributed by atoms with van der Waals surface area (Å²) in [5.41, 5.74) is 0.787. The van der Waals surface area contributed by atoms with Crippen LogP contribution in [0, 0.1) is 0 Å². The number of unbranched alkanes of at least 4 members (excludes halogenated alkanes) is 2. The molecule has 2 amide bonds. The number of hydrogen-bond donors (Lipinski definition) is 0. The van der Waals surface area contributed by atoms with Gasteiger partial charge in [0, 0.05) is 25.1 Å². The van der Waals surface area contributed by atoms with Crippen molar-refractivity contribution in [1.82, 2.24) is 14.3 Å². The number of halogens is 1. The zero-order chi connectivity index (χ0) is 17.6. The molecule has 3 heterocycles. The Morgan fingerprint density at radius 3 is 2.92 bits per heavy atom. The SMILES string of the molecule is CCCC=C1SC(=O)N(CCCCOc2cccn3ccnc23)C1=O.Cl. The average molecular weight is 396 g/mol. The number of fused-ring (bicyclic) bond motifs is 1. The minimum absolute atomic E-state index is 0. The summed E-state index contributed by atoms with van der Waals surface area (Å²) in [6.45, 7) is 3.00. The van der Waals surface area contributed by atoms with Gasteiger partial charge in [0.15, 0.2) is 11.4 Å². The highest BCUT2D eigenvalue weighted by Gasteiger charge is 2.34. The standard InChI is InChI=1S/C18H21N3O3S.ClH/c1-2-3-8-15-17(22)21(18(23)25-15)11-4-5-13-24-14-7-6-10-20-12-9-19-16(14)20;/h6-10,12H,2-5,11,13H2,1H3;1H. The van der Waals surface area contributed by atoms with E-state index in [1.807, 2.05) is 41.9 Å². The Morgan fingerprint density at radius 2 is 2.12 bits per heavy atom. The molecule has 1 saturated heterocycles. The maximum absolute atomic E-state index is 12.2. The first kappa shape index (κ1) is 20.3. The van der Waals surface area contributed by atoms with Crippen molar-refractivity contribution in [3.05, 3.63) is 41.7 Å². The van der Waals surface area contributed by atoms with E-state index >= 15 is 0 Å². The number of aromatic nitrogens is 2. The number of carbonyl (C=O) groups is 2. The van der Waals surface area contributed by atoms with E-state index in [0.29, 0.717) is 18.1 Å². The molecule has 0 N–H and O–H groups in total. The molecule has 1 aliphatic rings. The summed E-state index contributed by atoms with van der Waals surface area (Å²) in [7, 11) is 0. The highest BCUT2D eigenvalue weighted by Crippen LogP contribution is 2.31. The molecule has 1 fully saturated rings. The van der Waals surface area contributed by atoms with Crippen LogP contribution in [0.15, 0.2) is 41.7 Å². The maximum atomic E-state index is 12.2. The number of carbonyl (C=O) groups excluding carboxylic acids is 2. The molecule has 3 rings (SSSR count). The average Bonchev–Trinajstić information content (AvgIpc) is 3.19. The zero-order valence-electron chi connectivity index (χ0n) is 14.6. The number of nitrogens with zero attached hydrogens (tertiary/aromatic N) is 3. The lowest BCUT2D eigenvalue weighted by atomic mass is 10.3. The molecular weight excluding hydrogens is 374 g/mol. The normalized spacial score (nSPS) is 15.7. The highest BCUT2D eigenvalue weighted by atomic mass is 35.5. The van der Waals surface area contributed by atoms with Crippen molar-refractivity contribution in [2.75, 3.05) is 13.2 Å². The molecule has 2 aromatic rings. The molecule has 26 heavy (non-hydrogen) atoms. The minimum Gasteiger partial charge on any atom is -0.490 e. The molecule has 0 radical (unpaired) electrons. The van der Waals surface area contributed by atoms with Gasteiger partial charge in [-0.1, -0.05) is 19.4 Å². The number of rotatable bonds is 8. The lowest BCUT2D eigenvalue weighted by molar-refractivity contribution is -0.122. The second kappa shape index (κ2) is 9.64. The van der Waals surface area contributed by atoms with Crippen molar-refractivity contribution in [3.8, 4) is 5.75 Å². The zero-order valence-corrected chi connectivity index (χ0v) is 16.2. The van der Waals surface area contributed by atoms with Gasteiger partial charge in [0.2, 0.25) is 0 Å². The predicted molar refractivity (Wildman–Crippen MR) is 105 cm³/mol. The van der Waals surface area contributed by atoms with E-state index in [1.165, 1.54) is 4.90 Å². The summed E-state index contributed by atoms with van der Waals surface area (Å²) in [5, 5.41) is -0.171. The largest absolute Gasteiger partial charge is 0.490 e. The first-order valence-electron chi connectivity index (χ1n) is 8.49. The fourth-order valence-electron chi connectivity index (χ4n) is 2.59. The van der Waals surface area contributed by atoms with Crippen LogP contribution in [-0.2, 0) is 4.79 Å². The number of allylic oxidation sites excluding steroid dienone is 1. The Labute approximate surface area is 163 Å². The third-order valence-corrected chi connectivity index (χ3v) is 4.87. The van der Waals surface area contributed by atoms with E-state index in [0.717, 1.165) is 48.8 Å². The second-order valence-electron chi connectivity index (χ2n) is 5.77. The van der Waals surface area contributed by atoms with Crippen LogP contribution in [0.2, 0.25) is 0 Å².